The lowest BCUT2D eigenvalue weighted by Crippen LogP contribution is -2.39. The Hall–Kier alpha value is -1.67. The van der Waals surface area contributed by atoms with E-state index in [0.29, 0.717) is 15.8 Å². The third-order valence-electron chi connectivity index (χ3n) is 6.33. The van der Waals surface area contributed by atoms with Crippen LogP contribution < -0.4 is 4.74 Å². The van der Waals surface area contributed by atoms with E-state index in [2.05, 4.69) is 62.2 Å². The van der Waals surface area contributed by atoms with Crippen molar-refractivity contribution in [3.05, 3.63) is 79.6 Å². The van der Waals surface area contributed by atoms with Crippen LogP contribution in [0.4, 0.5) is 0 Å². The molecule has 0 radical (unpaired) electrons. The lowest BCUT2D eigenvalue weighted by Gasteiger charge is -2.29. The highest BCUT2D eigenvalue weighted by molar-refractivity contribution is 9.11. The van der Waals surface area contributed by atoms with E-state index in [1.807, 2.05) is 35.2 Å². The summed E-state index contributed by atoms with van der Waals surface area (Å²) in [6, 6.07) is 18.8. The molecule has 5 rings (SSSR count). The van der Waals surface area contributed by atoms with E-state index in [1.54, 1.807) is 0 Å². The maximum absolute atomic E-state index is 13.1. The Kier molecular flexibility index (Phi) is 7.44. The second-order valence-corrected chi connectivity index (χ2v) is 12.0. The highest BCUT2D eigenvalue weighted by Crippen LogP contribution is 2.40. The van der Waals surface area contributed by atoms with Crippen LogP contribution in [0.2, 0.25) is 0 Å². The van der Waals surface area contributed by atoms with Crippen LogP contribution in [0.25, 0.3) is 16.8 Å². The first-order chi connectivity index (χ1) is 16.5. The van der Waals surface area contributed by atoms with Gasteiger partial charge in [-0.25, -0.2) is 0 Å². The van der Waals surface area contributed by atoms with E-state index in [1.165, 1.54) is 41.8 Å². The van der Waals surface area contributed by atoms with Crippen LogP contribution in [0.5, 0.6) is 5.75 Å². The average Bonchev–Trinajstić information content (AvgIpc) is 3.11. The standard InChI is InChI=1S/C27H23Br2NO2S2/c28-22-13-17(15-24-26(31)30(27(33)34-24)20-10-2-1-3-11-20)14-23(29)25(22)32-16-19-9-6-8-18-7-4-5-12-21(18)19/h4-9,12-15,20H,1-3,10-11,16H2/b24-15+. The monoisotopic (exact) mass is 615 g/mol. The minimum absolute atomic E-state index is 0.0328. The van der Waals surface area contributed by atoms with E-state index >= 15 is 0 Å². The largest absolute Gasteiger partial charge is 0.487 e. The summed E-state index contributed by atoms with van der Waals surface area (Å²) in [5.41, 5.74) is 2.05. The predicted molar refractivity (Wildman–Crippen MR) is 152 cm³/mol. The van der Waals surface area contributed by atoms with Gasteiger partial charge in [-0.3, -0.25) is 9.69 Å². The van der Waals surface area contributed by atoms with Gasteiger partial charge in [-0.15, -0.1) is 0 Å². The zero-order valence-electron chi connectivity index (χ0n) is 18.4. The molecule has 1 aliphatic carbocycles. The van der Waals surface area contributed by atoms with E-state index in [4.69, 9.17) is 17.0 Å². The van der Waals surface area contributed by atoms with Gasteiger partial charge in [0.1, 0.15) is 16.7 Å². The average molecular weight is 617 g/mol. The molecule has 2 fully saturated rings. The van der Waals surface area contributed by atoms with Crippen molar-refractivity contribution >= 4 is 82.9 Å². The Balaban J connectivity index is 1.34. The second-order valence-electron chi connectivity index (χ2n) is 8.58. The molecule has 0 aromatic heterocycles. The normalized spacial score (nSPS) is 18.3. The summed E-state index contributed by atoms with van der Waals surface area (Å²) in [7, 11) is 0. The number of fused-ring (bicyclic) bond motifs is 1. The van der Waals surface area contributed by atoms with Gasteiger partial charge in [0.2, 0.25) is 0 Å². The Bertz CT molecular complexity index is 1270. The van der Waals surface area contributed by atoms with Gasteiger partial charge in [-0.2, -0.15) is 0 Å². The second kappa shape index (κ2) is 10.5. The molecule has 3 nitrogen and oxygen atoms in total. The third-order valence-corrected chi connectivity index (χ3v) is 8.84. The van der Waals surface area contributed by atoms with Gasteiger partial charge in [-0.05, 0) is 84.8 Å². The van der Waals surface area contributed by atoms with Crippen molar-refractivity contribution in [1.82, 2.24) is 4.90 Å². The molecule has 0 atom stereocenters. The number of carbonyl (C=O) groups excluding carboxylic acids is 1. The van der Waals surface area contributed by atoms with Gasteiger partial charge >= 0.3 is 0 Å². The number of halogens is 2. The van der Waals surface area contributed by atoms with E-state index in [0.717, 1.165) is 38.7 Å². The Morgan fingerprint density at radius 3 is 2.50 bits per heavy atom. The number of rotatable bonds is 5. The number of hydrogen-bond donors (Lipinski definition) is 0. The molecule has 1 saturated carbocycles. The smallest absolute Gasteiger partial charge is 0.266 e. The number of thiocarbonyl (C=S) groups is 1. The SMILES string of the molecule is O=C1/C(=C\c2cc(Br)c(OCc3cccc4ccccc34)c(Br)c2)SC(=S)N1C1CCCCC1. The molecule has 1 amide bonds. The van der Waals surface area contributed by atoms with Crippen LogP contribution in [-0.2, 0) is 11.4 Å². The zero-order chi connectivity index (χ0) is 23.7. The van der Waals surface area contributed by atoms with Gasteiger partial charge < -0.3 is 4.74 Å². The summed E-state index contributed by atoms with van der Waals surface area (Å²) >= 11 is 14.3. The Morgan fingerprint density at radius 2 is 1.74 bits per heavy atom. The van der Waals surface area contributed by atoms with Gasteiger partial charge in [0.25, 0.3) is 5.91 Å². The van der Waals surface area contributed by atoms with Gasteiger partial charge in [0.05, 0.1) is 13.9 Å². The van der Waals surface area contributed by atoms with E-state index < -0.39 is 0 Å². The first kappa shape index (κ1) is 24.0. The minimum atomic E-state index is 0.0328. The fourth-order valence-electron chi connectivity index (χ4n) is 4.65. The molecular weight excluding hydrogens is 594 g/mol. The lowest BCUT2D eigenvalue weighted by molar-refractivity contribution is -0.124. The number of thioether (sulfide) groups is 1. The van der Waals surface area contributed by atoms with Crippen molar-refractivity contribution in [1.29, 1.82) is 0 Å². The molecule has 3 aromatic carbocycles. The molecule has 1 aliphatic heterocycles. The molecule has 2 aliphatic rings. The topological polar surface area (TPSA) is 29.5 Å². The zero-order valence-corrected chi connectivity index (χ0v) is 23.2. The summed E-state index contributed by atoms with van der Waals surface area (Å²) in [5.74, 6) is 0.769. The molecule has 0 unspecified atom stereocenters. The molecule has 0 N–H and O–H groups in total. The predicted octanol–water partition coefficient (Wildman–Crippen LogP) is 8.48. The van der Waals surface area contributed by atoms with Crippen LogP contribution in [0.15, 0.2) is 68.4 Å². The Morgan fingerprint density at radius 1 is 1.03 bits per heavy atom. The molecule has 7 heteroatoms. The van der Waals surface area contributed by atoms with Crippen molar-refractivity contribution in [2.24, 2.45) is 0 Å². The van der Waals surface area contributed by atoms with Gasteiger partial charge in [0.15, 0.2) is 0 Å². The summed E-state index contributed by atoms with van der Waals surface area (Å²) in [6.07, 6.45) is 7.59. The number of amides is 1. The molecule has 0 bridgehead atoms. The van der Waals surface area contributed by atoms with Gasteiger partial charge in [-0.1, -0.05) is 85.7 Å². The quantitative estimate of drug-likeness (QED) is 0.212. The van der Waals surface area contributed by atoms with Crippen LogP contribution in [0.3, 0.4) is 0 Å². The minimum Gasteiger partial charge on any atom is -0.487 e. The fraction of sp³-hybridized carbons (Fsp3) is 0.259. The molecule has 0 spiro atoms. The van der Waals surface area contributed by atoms with Crippen molar-refractivity contribution in [3.63, 3.8) is 0 Å². The first-order valence-corrected chi connectivity index (χ1v) is 14.2. The molecule has 34 heavy (non-hydrogen) atoms. The third kappa shape index (κ3) is 4.99. The van der Waals surface area contributed by atoms with Crippen LogP contribution in [-0.4, -0.2) is 21.2 Å². The molecule has 174 valence electrons. The van der Waals surface area contributed by atoms with Crippen molar-refractivity contribution in [2.45, 2.75) is 44.8 Å². The summed E-state index contributed by atoms with van der Waals surface area (Å²) in [6.45, 7) is 0.456. The van der Waals surface area contributed by atoms with Crippen LogP contribution in [0.1, 0.15) is 43.2 Å². The number of hydrogen-bond acceptors (Lipinski definition) is 4. The van der Waals surface area contributed by atoms with Crippen LogP contribution in [0, 0.1) is 0 Å². The summed E-state index contributed by atoms with van der Waals surface area (Å²) < 4.78 is 8.54. The van der Waals surface area contributed by atoms with Crippen LogP contribution >= 0.6 is 55.8 Å². The maximum Gasteiger partial charge on any atom is 0.266 e. The molecule has 1 saturated heterocycles. The molecular formula is C27H23Br2NO2S2. The number of ether oxygens (including phenoxy) is 1. The van der Waals surface area contributed by atoms with Crippen molar-refractivity contribution in [2.75, 3.05) is 0 Å². The van der Waals surface area contributed by atoms with E-state index in [-0.39, 0.29) is 11.9 Å². The lowest BCUT2D eigenvalue weighted by atomic mass is 9.94. The Labute approximate surface area is 226 Å². The molecule has 3 aromatic rings. The van der Waals surface area contributed by atoms with E-state index in [9.17, 15) is 4.79 Å². The number of nitrogens with zero attached hydrogens (tertiary/aromatic N) is 1. The highest BCUT2D eigenvalue weighted by atomic mass is 79.9. The fourth-order valence-corrected chi connectivity index (χ4v) is 7.51. The van der Waals surface area contributed by atoms with Crippen molar-refractivity contribution in [3.8, 4) is 5.75 Å². The van der Waals surface area contributed by atoms with Gasteiger partial charge in [0, 0.05) is 6.04 Å². The maximum atomic E-state index is 13.1. The number of carbonyl (C=O) groups is 1. The summed E-state index contributed by atoms with van der Waals surface area (Å²) in [4.78, 5) is 15.6. The first-order valence-electron chi connectivity index (χ1n) is 11.4. The molecule has 1 heterocycles. The highest BCUT2D eigenvalue weighted by Gasteiger charge is 2.37. The number of benzene rings is 3. The van der Waals surface area contributed by atoms with Crippen molar-refractivity contribution < 1.29 is 9.53 Å². The summed E-state index contributed by atoms with van der Waals surface area (Å²) in [5, 5.41) is 2.39.